The number of unbranched alkanes of at least 4 members (excludes halogenated alkanes) is 8. The number of esters is 1. The lowest BCUT2D eigenvalue weighted by Gasteiger charge is -2.19. The van der Waals surface area contributed by atoms with Crippen LogP contribution in [0.4, 0.5) is 0 Å². The molecule has 0 radical (unpaired) electrons. The normalized spacial score (nSPS) is 11.5. The van der Waals surface area contributed by atoms with E-state index in [0.29, 0.717) is 18.8 Å². The highest BCUT2D eigenvalue weighted by Gasteiger charge is 2.25. The fraction of sp³-hybridized carbons (Fsp3) is 0.850. The average Bonchev–Trinajstić information content (AvgIpc) is 2.61. The Hall–Kier alpha value is -0.640. The summed E-state index contributed by atoms with van der Waals surface area (Å²) in [5.41, 5.74) is 0.327. The summed E-state index contributed by atoms with van der Waals surface area (Å²) in [7, 11) is -3.22. The van der Waals surface area contributed by atoms with Gasteiger partial charge in [-0.05, 0) is 19.8 Å². The van der Waals surface area contributed by atoms with Gasteiger partial charge in [0, 0.05) is 5.57 Å². The van der Waals surface area contributed by atoms with Gasteiger partial charge in [0.1, 0.15) is 6.61 Å². The van der Waals surface area contributed by atoms with Gasteiger partial charge in [-0.2, -0.15) is 0 Å². The Labute approximate surface area is 160 Å². The van der Waals surface area contributed by atoms with Gasteiger partial charge >= 0.3 is 13.6 Å². The molecule has 0 aromatic carbocycles. The zero-order chi connectivity index (χ0) is 19.7. The minimum Gasteiger partial charge on any atom is -0.462 e. The summed E-state index contributed by atoms with van der Waals surface area (Å²) in [5.74, 6) is -0.476. The fourth-order valence-corrected chi connectivity index (χ4v) is 3.82. The second kappa shape index (κ2) is 16.5. The van der Waals surface area contributed by atoms with Gasteiger partial charge in [-0.15, -0.1) is 0 Å². The van der Waals surface area contributed by atoms with E-state index >= 15 is 0 Å². The van der Waals surface area contributed by atoms with E-state index in [1.54, 1.807) is 6.92 Å². The molecule has 5 nitrogen and oxygen atoms in total. The molecule has 0 bridgehead atoms. The van der Waals surface area contributed by atoms with Crippen molar-refractivity contribution in [2.75, 3.05) is 26.0 Å². The summed E-state index contributed by atoms with van der Waals surface area (Å²) < 4.78 is 29.1. The number of ether oxygens (including phenoxy) is 1. The largest absolute Gasteiger partial charge is 0.462 e. The summed E-state index contributed by atoms with van der Waals surface area (Å²) >= 11 is 0. The predicted molar refractivity (Wildman–Crippen MR) is 108 cm³/mol. The highest BCUT2D eigenvalue weighted by molar-refractivity contribution is 7.53. The fourth-order valence-electron chi connectivity index (χ4n) is 2.36. The molecule has 0 N–H and O–H groups in total. The average molecular weight is 391 g/mol. The van der Waals surface area contributed by atoms with E-state index in [-0.39, 0.29) is 12.8 Å². The van der Waals surface area contributed by atoms with Crippen LogP contribution in [0.15, 0.2) is 12.2 Å². The first-order valence-corrected chi connectivity index (χ1v) is 11.9. The SMILES string of the molecule is C=C(C)C(=O)OCCP(=O)(OCCCCCCC)OCCCCCCC. The molecule has 0 aromatic rings. The number of hydrogen-bond acceptors (Lipinski definition) is 5. The molecule has 0 aromatic heterocycles. The van der Waals surface area contributed by atoms with E-state index in [9.17, 15) is 9.36 Å². The van der Waals surface area contributed by atoms with Gasteiger partial charge in [-0.25, -0.2) is 4.79 Å². The summed E-state index contributed by atoms with van der Waals surface area (Å²) in [4.78, 5) is 11.5. The molecule has 0 atom stereocenters. The van der Waals surface area contributed by atoms with Crippen LogP contribution in [0, 0.1) is 0 Å². The van der Waals surface area contributed by atoms with E-state index in [1.165, 1.54) is 38.5 Å². The Kier molecular flexibility index (Phi) is 16.1. The molecule has 0 heterocycles. The Morgan fingerprint density at radius 2 is 1.27 bits per heavy atom. The lowest BCUT2D eigenvalue weighted by Crippen LogP contribution is -2.12. The van der Waals surface area contributed by atoms with Gasteiger partial charge in [-0.1, -0.05) is 71.8 Å². The second-order valence-electron chi connectivity index (χ2n) is 6.75. The Balaban J connectivity index is 4.24. The lowest BCUT2D eigenvalue weighted by molar-refractivity contribution is -0.138. The van der Waals surface area contributed by atoms with Crippen molar-refractivity contribution in [2.45, 2.75) is 85.0 Å². The standard InChI is InChI=1S/C20H39O5P/c1-5-7-9-11-13-15-24-26(22,18-17-23-20(21)19(3)4)25-16-14-12-10-8-6-2/h3,5-18H2,1-2,4H3. The van der Waals surface area contributed by atoms with Crippen LogP contribution in [-0.4, -0.2) is 32.0 Å². The monoisotopic (exact) mass is 390 g/mol. The minimum atomic E-state index is -3.22. The second-order valence-corrected chi connectivity index (χ2v) is 8.93. The van der Waals surface area contributed by atoms with Gasteiger partial charge in [-0.3, -0.25) is 4.57 Å². The summed E-state index contributed by atoms with van der Waals surface area (Å²) in [6.45, 7) is 10.3. The number of carbonyl (C=O) groups is 1. The molecular formula is C20H39O5P. The maximum Gasteiger partial charge on any atom is 0.334 e. The molecule has 6 heteroatoms. The van der Waals surface area contributed by atoms with E-state index in [0.717, 1.165) is 25.7 Å². The topological polar surface area (TPSA) is 61.8 Å². The molecule has 0 saturated heterocycles. The van der Waals surface area contributed by atoms with Crippen LogP contribution in [0.5, 0.6) is 0 Å². The molecule has 0 aliphatic heterocycles. The van der Waals surface area contributed by atoms with Crippen LogP contribution in [0.25, 0.3) is 0 Å². The van der Waals surface area contributed by atoms with Crippen LogP contribution < -0.4 is 0 Å². The zero-order valence-electron chi connectivity index (χ0n) is 17.1. The van der Waals surface area contributed by atoms with Gasteiger partial charge < -0.3 is 13.8 Å². The molecule has 0 aliphatic carbocycles. The Morgan fingerprint density at radius 1 is 0.808 bits per heavy atom. The van der Waals surface area contributed by atoms with Gasteiger partial charge in [0.15, 0.2) is 0 Å². The van der Waals surface area contributed by atoms with Crippen molar-refractivity contribution in [1.29, 1.82) is 0 Å². The molecule has 0 unspecified atom stereocenters. The molecular weight excluding hydrogens is 351 g/mol. The van der Waals surface area contributed by atoms with E-state index < -0.39 is 13.6 Å². The number of hydrogen-bond donors (Lipinski definition) is 0. The van der Waals surface area contributed by atoms with Gasteiger partial charge in [0.2, 0.25) is 0 Å². The first kappa shape index (κ1) is 25.4. The maximum atomic E-state index is 12.9. The molecule has 154 valence electrons. The lowest BCUT2D eigenvalue weighted by atomic mass is 10.2. The van der Waals surface area contributed by atoms with Crippen molar-refractivity contribution in [3.05, 3.63) is 12.2 Å². The molecule has 0 aliphatic rings. The Morgan fingerprint density at radius 3 is 1.69 bits per heavy atom. The molecule has 0 saturated carbocycles. The van der Waals surface area contributed by atoms with Crippen molar-refractivity contribution in [3.63, 3.8) is 0 Å². The van der Waals surface area contributed by atoms with Crippen LogP contribution in [0.1, 0.15) is 85.0 Å². The molecule has 0 spiro atoms. The van der Waals surface area contributed by atoms with E-state index in [2.05, 4.69) is 20.4 Å². The highest BCUT2D eigenvalue weighted by Crippen LogP contribution is 2.48. The predicted octanol–water partition coefficient (Wildman–Crippen LogP) is 6.27. The van der Waals surface area contributed by atoms with Crippen LogP contribution in [-0.2, 0) is 23.1 Å². The third kappa shape index (κ3) is 14.5. The third-order valence-electron chi connectivity index (χ3n) is 4.02. The van der Waals surface area contributed by atoms with E-state index in [4.69, 9.17) is 13.8 Å². The summed E-state index contributed by atoms with van der Waals surface area (Å²) in [6, 6.07) is 0. The quantitative estimate of drug-likeness (QED) is 0.119. The molecule has 0 rings (SSSR count). The van der Waals surface area contributed by atoms with Gasteiger partial charge in [0.05, 0.1) is 19.4 Å². The first-order chi connectivity index (χ1) is 12.4. The van der Waals surface area contributed by atoms with Crippen LogP contribution in [0.2, 0.25) is 0 Å². The number of rotatable bonds is 18. The maximum absolute atomic E-state index is 12.9. The molecule has 0 fully saturated rings. The highest BCUT2D eigenvalue weighted by atomic mass is 31.2. The van der Waals surface area contributed by atoms with Crippen molar-refractivity contribution < 1.29 is 23.1 Å². The third-order valence-corrected chi connectivity index (χ3v) is 5.90. The molecule has 26 heavy (non-hydrogen) atoms. The van der Waals surface area contributed by atoms with Gasteiger partial charge in [0.25, 0.3) is 0 Å². The van der Waals surface area contributed by atoms with Crippen LogP contribution >= 0.6 is 7.60 Å². The van der Waals surface area contributed by atoms with Crippen molar-refractivity contribution in [3.8, 4) is 0 Å². The number of carbonyl (C=O) groups excluding carboxylic acids is 1. The smallest absolute Gasteiger partial charge is 0.334 e. The molecule has 0 amide bonds. The van der Waals surface area contributed by atoms with Crippen molar-refractivity contribution in [1.82, 2.24) is 0 Å². The summed E-state index contributed by atoms with van der Waals surface area (Å²) in [6.07, 6.45) is 11.1. The van der Waals surface area contributed by atoms with Crippen molar-refractivity contribution in [2.24, 2.45) is 0 Å². The van der Waals surface area contributed by atoms with Crippen LogP contribution in [0.3, 0.4) is 0 Å². The Bertz CT molecular complexity index is 402. The van der Waals surface area contributed by atoms with Crippen molar-refractivity contribution >= 4 is 13.6 Å². The minimum absolute atomic E-state index is 0.0225. The zero-order valence-corrected chi connectivity index (χ0v) is 18.0. The van der Waals surface area contributed by atoms with E-state index in [1.807, 2.05) is 0 Å². The first-order valence-electron chi connectivity index (χ1n) is 10.2. The summed E-state index contributed by atoms with van der Waals surface area (Å²) in [5, 5.41) is 0.